The molecule has 0 aliphatic rings. The minimum absolute atomic E-state index is 0.0621. The Kier molecular flexibility index (Phi) is 10.3. The zero-order valence-corrected chi connectivity index (χ0v) is 37.1. The van der Waals surface area contributed by atoms with E-state index in [1.54, 1.807) is 0 Å². The van der Waals surface area contributed by atoms with Gasteiger partial charge in [0.2, 0.25) is 70.7 Å². The Morgan fingerprint density at radius 3 is 0.417 bits per heavy atom. The molecule has 0 N–H and O–H groups in total. The largest absolute Gasteiger partial charge is 0.416 e. The van der Waals surface area contributed by atoms with Gasteiger partial charge in [-0.2, -0.15) is 0 Å². The summed E-state index contributed by atoms with van der Waals surface area (Å²) in [6.07, 6.45) is 0. The van der Waals surface area contributed by atoms with E-state index < -0.39 is 0 Å². The third-order valence-corrected chi connectivity index (χ3v) is 11.5. The van der Waals surface area contributed by atoms with Crippen molar-refractivity contribution >= 4 is 0 Å². The van der Waals surface area contributed by atoms with Crippen molar-refractivity contribution < 1.29 is 26.5 Å². The third-order valence-electron chi connectivity index (χ3n) is 11.5. The SMILES string of the molecule is c1ccc(-c2nnc(-c3c(-c4nnc(-c5ccccc5)o4)c(-c4nnc(-c5ccccc5)o4)c(-c4nnc(-c5ccccc5)o4)c(-c4nnc(-c5ccccc5)o4)c3-c3nnc(-c4ccccc4)o3)o2)cc1. The van der Waals surface area contributed by atoms with Crippen LogP contribution in [0.5, 0.6) is 0 Å². The Labute approximate surface area is 405 Å². The van der Waals surface area contributed by atoms with E-state index in [1.165, 1.54) is 0 Å². The highest BCUT2D eigenvalue weighted by molar-refractivity contribution is 6.10. The second-order valence-corrected chi connectivity index (χ2v) is 15.9. The fraction of sp³-hybridized carbons (Fsp3) is 0. The summed E-state index contributed by atoms with van der Waals surface area (Å²) in [5.41, 5.74) is 4.61. The molecule has 7 aromatic carbocycles. The molecule has 0 atom stereocenters. The van der Waals surface area contributed by atoms with Crippen molar-refractivity contribution in [1.82, 2.24) is 61.2 Å². The Bertz CT molecular complexity index is 3290. The van der Waals surface area contributed by atoms with Crippen LogP contribution in [0.15, 0.2) is 208 Å². The molecule has 0 unspecified atom stereocenters. The maximum atomic E-state index is 6.71. The first-order chi connectivity index (χ1) is 35.7. The van der Waals surface area contributed by atoms with Gasteiger partial charge in [0.15, 0.2) is 0 Å². The summed E-state index contributed by atoms with van der Waals surface area (Å²) in [5.74, 6) is 0.702. The lowest BCUT2D eigenvalue weighted by atomic mass is 9.85. The topological polar surface area (TPSA) is 234 Å². The van der Waals surface area contributed by atoms with Crippen LogP contribution in [0.4, 0.5) is 0 Å². The van der Waals surface area contributed by atoms with Crippen molar-refractivity contribution in [2.75, 3.05) is 0 Å². The Hall–Kier alpha value is -10.6. The van der Waals surface area contributed by atoms with Crippen LogP contribution in [-0.4, -0.2) is 61.2 Å². The molecule has 13 rings (SSSR count). The van der Waals surface area contributed by atoms with Crippen molar-refractivity contribution in [3.05, 3.63) is 182 Å². The first kappa shape index (κ1) is 41.6. The lowest BCUT2D eigenvalue weighted by molar-refractivity contribution is 0.565. The number of hydrogen-bond donors (Lipinski definition) is 0. The Morgan fingerprint density at radius 2 is 0.278 bits per heavy atom. The maximum absolute atomic E-state index is 6.71. The van der Waals surface area contributed by atoms with Gasteiger partial charge < -0.3 is 26.5 Å². The normalized spacial score (nSPS) is 11.3. The molecule has 0 amide bonds. The minimum atomic E-state index is -0.0621. The summed E-state index contributed by atoms with van der Waals surface area (Å²) in [6, 6.07) is 55.8. The fourth-order valence-electron chi connectivity index (χ4n) is 8.16. The van der Waals surface area contributed by atoms with Gasteiger partial charge in [0, 0.05) is 33.4 Å². The molecule has 0 aliphatic carbocycles. The van der Waals surface area contributed by atoms with Gasteiger partial charge in [0.05, 0.1) is 33.4 Å². The molecule has 0 saturated heterocycles. The van der Waals surface area contributed by atoms with Crippen LogP contribution < -0.4 is 0 Å². The second-order valence-electron chi connectivity index (χ2n) is 15.9. The molecule has 0 saturated carbocycles. The van der Waals surface area contributed by atoms with Crippen LogP contribution in [0.3, 0.4) is 0 Å². The summed E-state index contributed by atoms with van der Waals surface area (Å²) in [4.78, 5) is 0. The number of nitrogens with zero attached hydrogens (tertiary/aromatic N) is 12. The summed E-state index contributed by atoms with van der Waals surface area (Å²) in [6.45, 7) is 0. The predicted molar refractivity (Wildman–Crippen MR) is 259 cm³/mol. The number of benzene rings is 7. The molecule has 13 aromatic rings. The van der Waals surface area contributed by atoms with Gasteiger partial charge in [-0.05, 0) is 72.8 Å². The van der Waals surface area contributed by atoms with E-state index in [1.807, 2.05) is 182 Å². The number of hydrogen-bond acceptors (Lipinski definition) is 18. The van der Waals surface area contributed by atoms with Crippen LogP contribution in [0, 0.1) is 0 Å². The highest BCUT2D eigenvalue weighted by Gasteiger charge is 2.41. The quantitative estimate of drug-likeness (QED) is 0.111. The highest BCUT2D eigenvalue weighted by atomic mass is 16.4. The third kappa shape index (κ3) is 7.58. The first-order valence-electron chi connectivity index (χ1n) is 22.3. The molecule has 72 heavy (non-hydrogen) atoms. The smallest absolute Gasteiger partial charge is 0.249 e. The Balaban J connectivity index is 1.22. The standard InChI is InChI=1S/C54H30N12O6/c1-7-19-31(20-8-1)43-55-61-49(67-43)37-38(50-62-56-44(68-50)32-21-9-2-10-22-32)40(52-64-58-46(70-52)34-25-13-4-14-26-34)42(54-66-60-48(72-54)36-29-17-6-18-30-36)41(53-65-59-47(71-53)35-27-15-5-16-28-35)39(37)51-63-57-45(69-51)33-23-11-3-12-24-33/h1-30H. The van der Waals surface area contributed by atoms with Gasteiger partial charge in [0.25, 0.3) is 0 Å². The molecule has 6 heterocycles. The van der Waals surface area contributed by atoms with E-state index in [2.05, 4.69) is 30.6 Å². The van der Waals surface area contributed by atoms with E-state index in [0.29, 0.717) is 33.4 Å². The number of aromatic nitrogens is 12. The lowest BCUT2D eigenvalue weighted by Gasteiger charge is -2.18. The molecular weight excluding hydrogens is 913 g/mol. The molecule has 18 heteroatoms. The average Bonchev–Trinajstić information content (AvgIpc) is 4.33. The van der Waals surface area contributed by atoms with Crippen LogP contribution in [0.2, 0.25) is 0 Å². The molecule has 0 aliphatic heterocycles. The molecule has 0 bridgehead atoms. The minimum Gasteiger partial charge on any atom is -0.416 e. The van der Waals surface area contributed by atoms with Gasteiger partial charge in [-0.15, -0.1) is 61.2 Å². The van der Waals surface area contributed by atoms with Gasteiger partial charge >= 0.3 is 0 Å². The highest BCUT2D eigenvalue weighted by Crippen LogP contribution is 2.55. The molecule has 0 fully saturated rings. The maximum Gasteiger partial charge on any atom is 0.249 e. The summed E-state index contributed by atoms with van der Waals surface area (Å²) in [7, 11) is 0. The summed E-state index contributed by atoms with van der Waals surface area (Å²) >= 11 is 0. The van der Waals surface area contributed by atoms with Crippen LogP contribution in [0.25, 0.3) is 137 Å². The van der Waals surface area contributed by atoms with Crippen LogP contribution in [-0.2, 0) is 0 Å². The number of rotatable bonds is 12. The van der Waals surface area contributed by atoms with Crippen molar-refractivity contribution in [2.24, 2.45) is 0 Å². The van der Waals surface area contributed by atoms with E-state index >= 15 is 0 Å². The van der Waals surface area contributed by atoms with Gasteiger partial charge in [-0.1, -0.05) is 109 Å². The van der Waals surface area contributed by atoms with Gasteiger partial charge in [-0.25, -0.2) is 0 Å². The molecule has 0 spiro atoms. The fourth-order valence-corrected chi connectivity index (χ4v) is 8.16. The molecule has 6 aromatic heterocycles. The lowest BCUT2D eigenvalue weighted by Crippen LogP contribution is -2.03. The molecule has 342 valence electrons. The van der Waals surface area contributed by atoms with Crippen LogP contribution in [0.1, 0.15) is 0 Å². The average molecular weight is 943 g/mol. The monoisotopic (exact) mass is 942 g/mol. The first-order valence-corrected chi connectivity index (χ1v) is 22.3. The second kappa shape index (κ2) is 17.8. The summed E-state index contributed by atoms with van der Waals surface area (Å²) < 4.78 is 40.3. The van der Waals surface area contributed by atoms with E-state index in [9.17, 15) is 0 Å². The predicted octanol–water partition coefficient (Wildman–Crippen LogP) is 12.0. The van der Waals surface area contributed by atoms with Gasteiger partial charge in [-0.3, -0.25) is 0 Å². The van der Waals surface area contributed by atoms with E-state index in [0.717, 1.165) is 0 Å². The van der Waals surface area contributed by atoms with Crippen molar-refractivity contribution in [3.8, 4) is 137 Å². The van der Waals surface area contributed by atoms with Gasteiger partial charge in [0.1, 0.15) is 0 Å². The van der Waals surface area contributed by atoms with Crippen LogP contribution >= 0.6 is 0 Å². The summed E-state index contributed by atoms with van der Waals surface area (Å²) in [5, 5.41) is 55.6. The zero-order chi connectivity index (χ0) is 47.8. The Morgan fingerprint density at radius 1 is 0.153 bits per heavy atom. The van der Waals surface area contributed by atoms with E-state index in [4.69, 9.17) is 57.1 Å². The molecular formula is C54H30N12O6. The zero-order valence-electron chi connectivity index (χ0n) is 37.1. The molecule has 18 nitrogen and oxygen atoms in total. The molecule has 0 radical (unpaired) electrons. The van der Waals surface area contributed by atoms with Crippen molar-refractivity contribution in [1.29, 1.82) is 0 Å². The van der Waals surface area contributed by atoms with Crippen molar-refractivity contribution in [2.45, 2.75) is 0 Å². The van der Waals surface area contributed by atoms with Crippen molar-refractivity contribution in [3.63, 3.8) is 0 Å². The van der Waals surface area contributed by atoms with E-state index in [-0.39, 0.29) is 104 Å².